The van der Waals surface area contributed by atoms with Gasteiger partial charge in [0.25, 0.3) is 0 Å². The molecule has 0 aliphatic heterocycles. The number of furan rings is 1. The third-order valence-corrected chi connectivity index (χ3v) is 5.13. The topological polar surface area (TPSA) is 78.9 Å². The average Bonchev–Trinajstić information content (AvgIpc) is 3.23. The van der Waals surface area contributed by atoms with Crippen LogP contribution >= 0.6 is 0 Å². The van der Waals surface area contributed by atoms with E-state index in [-0.39, 0.29) is 12.4 Å². The maximum absolute atomic E-state index is 12.4. The molecule has 0 amide bonds. The number of hydrogen-bond donors (Lipinski definition) is 0. The lowest BCUT2D eigenvalue weighted by molar-refractivity contribution is -0.133. The molecule has 6 nitrogen and oxygen atoms in total. The third-order valence-electron chi connectivity index (χ3n) is 5.13. The number of carbonyl (C=O) groups excluding carboxylic acids is 1. The van der Waals surface area contributed by atoms with Crippen LogP contribution in [-0.2, 0) is 11.2 Å². The number of esters is 1. The zero-order chi connectivity index (χ0) is 22.1. The van der Waals surface area contributed by atoms with Crippen molar-refractivity contribution in [1.29, 1.82) is 0 Å². The molecular formula is C26H18O6. The second-order valence-electron chi connectivity index (χ2n) is 7.26. The molecule has 0 saturated carbocycles. The number of rotatable bonds is 5. The Labute approximate surface area is 182 Å². The van der Waals surface area contributed by atoms with Gasteiger partial charge in [-0.15, -0.1) is 0 Å². The average molecular weight is 426 g/mol. The smallest absolute Gasteiger partial charge is 0.336 e. The van der Waals surface area contributed by atoms with Crippen LogP contribution in [0.1, 0.15) is 5.56 Å². The predicted molar refractivity (Wildman–Crippen MR) is 120 cm³/mol. The fourth-order valence-corrected chi connectivity index (χ4v) is 3.67. The van der Waals surface area contributed by atoms with E-state index in [9.17, 15) is 9.59 Å². The summed E-state index contributed by atoms with van der Waals surface area (Å²) in [7, 11) is 1.57. The Bertz CT molecular complexity index is 1490. The monoisotopic (exact) mass is 426 g/mol. The van der Waals surface area contributed by atoms with Gasteiger partial charge in [-0.1, -0.05) is 42.5 Å². The molecule has 0 radical (unpaired) electrons. The Morgan fingerprint density at radius 2 is 1.75 bits per heavy atom. The van der Waals surface area contributed by atoms with Crippen LogP contribution in [0.25, 0.3) is 33.3 Å². The van der Waals surface area contributed by atoms with Crippen molar-refractivity contribution < 1.29 is 23.1 Å². The molecule has 2 heterocycles. The van der Waals surface area contributed by atoms with E-state index in [4.69, 9.17) is 18.3 Å². The molecule has 6 heteroatoms. The number of benzene rings is 3. The number of hydrogen-bond acceptors (Lipinski definition) is 6. The van der Waals surface area contributed by atoms with Crippen molar-refractivity contribution in [3.8, 4) is 22.8 Å². The molecular weight excluding hydrogens is 408 g/mol. The molecule has 0 atom stereocenters. The van der Waals surface area contributed by atoms with E-state index < -0.39 is 5.63 Å². The van der Waals surface area contributed by atoms with Gasteiger partial charge in [0.15, 0.2) is 11.3 Å². The van der Waals surface area contributed by atoms with Crippen LogP contribution in [-0.4, -0.2) is 13.1 Å². The van der Waals surface area contributed by atoms with Crippen molar-refractivity contribution in [2.75, 3.05) is 7.11 Å². The summed E-state index contributed by atoms with van der Waals surface area (Å²) in [5.41, 5.74) is 1.84. The van der Waals surface area contributed by atoms with Crippen LogP contribution in [0.5, 0.6) is 11.5 Å². The van der Waals surface area contributed by atoms with E-state index in [2.05, 4.69) is 0 Å². The molecule has 32 heavy (non-hydrogen) atoms. The van der Waals surface area contributed by atoms with Crippen LogP contribution in [0.2, 0.25) is 0 Å². The fourth-order valence-electron chi connectivity index (χ4n) is 3.67. The highest BCUT2D eigenvalue weighted by Gasteiger charge is 2.16. The minimum atomic E-state index is -0.506. The summed E-state index contributed by atoms with van der Waals surface area (Å²) in [6.45, 7) is 0. The third kappa shape index (κ3) is 3.74. The maximum atomic E-state index is 12.4. The van der Waals surface area contributed by atoms with Gasteiger partial charge in [0.05, 0.1) is 13.5 Å². The highest BCUT2D eigenvalue weighted by atomic mass is 16.5. The van der Waals surface area contributed by atoms with Crippen molar-refractivity contribution in [2.24, 2.45) is 0 Å². The largest absolute Gasteiger partial charge is 0.493 e. The standard InChI is InChI=1S/C26H18O6/c1-29-22-9-5-8-17-13-23(32-26(17)22)20-15-25(28)31-21-11-10-18(14-19(20)21)30-24(27)12-16-6-3-2-4-7-16/h2-11,13-15H,12H2,1H3. The van der Waals surface area contributed by atoms with Crippen molar-refractivity contribution in [1.82, 2.24) is 0 Å². The van der Waals surface area contributed by atoms with Gasteiger partial charge in [-0.2, -0.15) is 0 Å². The highest BCUT2D eigenvalue weighted by Crippen LogP contribution is 2.36. The van der Waals surface area contributed by atoms with Gasteiger partial charge < -0.3 is 18.3 Å². The molecule has 3 aromatic carbocycles. The summed E-state index contributed by atoms with van der Waals surface area (Å²) in [5.74, 6) is 1.04. The predicted octanol–water partition coefficient (Wildman–Crippen LogP) is 5.36. The summed E-state index contributed by atoms with van der Waals surface area (Å²) in [5, 5.41) is 1.43. The second-order valence-corrected chi connectivity index (χ2v) is 7.26. The van der Waals surface area contributed by atoms with Gasteiger partial charge in [-0.25, -0.2) is 4.79 Å². The van der Waals surface area contributed by atoms with Crippen LogP contribution < -0.4 is 15.1 Å². The van der Waals surface area contributed by atoms with Crippen molar-refractivity contribution in [2.45, 2.75) is 6.42 Å². The normalized spacial score (nSPS) is 11.0. The number of para-hydroxylation sites is 1. The number of methoxy groups -OCH3 is 1. The Hall–Kier alpha value is -4.32. The highest BCUT2D eigenvalue weighted by molar-refractivity contribution is 5.96. The summed E-state index contributed by atoms with van der Waals surface area (Å²) < 4.78 is 22.3. The fraction of sp³-hybridized carbons (Fsp3) is 0.0769. The first-order chi connectivity index (χ1) is 15.6. The lowest BCUT2D eigenvalue weighted by atomic mass is 10.1. The van der Waals surface area contributed by atoms with Gasteiger partial charge in [-0.05, 0) is 35.9 Å². The first-order valence-electron chi connectivity index (χ1n) is 10.00. The molecule has 0 fully saturated rings. The van der Waals surface area contributed by atoms with Crippen molar-refractivity contribution in [3.63, 3.8) is 0 Å². The van der Waals surface area contributed by atoms with Crippen LogP contribution in [0, 0.1) is 0 Å². The number of ether oxygens (including phenoxy) is 2. The summed E-state index contributed by atoms with van der Waals surface area (Å²) in [4.78, 5) is 24.6. The lowest BCUT2D eigenvalue weighted by Crippen LogP contribution is -2.11. The van der Waals surface area contributed by atoms with Gasteiger partial charge in [-0.3, -0.25) is 4.79 Å². The molecule has 0 saturated heterocycles. The Morgan fingerprint density at radius 1 is 0.906 bits per heavy atom. The Morgan fingerprint density at radius 3 is 2.56 bits per heavy atom. The lowest BCUT2D eigenvalue weighted by Gasteiger charge is -2.07. The molecule has 0 spiro atoms. The van der Waals surface area contributed by atoms with E-state index in [1.807, 2.05) is 48.5 Å². The van der Waals surface area contributed by atoms with E-state index in [1.54, 1.807) is 31.4 Å². The van der Waals surface area contributed by atoms with Crippen molar-refractivity contribution >= 4 is 27.9 Å². The van der Waals surface area contributed by atoms with Crippen molar-refractivity contribution in [3.05, 3.63) is 94.8 Å². The molecule has 5 rings (SSSR count). The molecule has 0 bridgehead atoms. The number of carbonyl (C=O) groups is 1. The van der Waals surface area contributed by atoms with Crippen LogP contribution in [0.15, 0.2) is 92.5 Å². The zero-order valence-corrected chi connectivity index (χ0v) is 17.2. The van der Waals surface area contributed by atoms with Gasteiger partial charge in [0.2, 0.25) is 0 Å². The molecule has 0 aliphatic carbocycles. The van der Waals surface area contributed by atoms with E-state index in [0.717, 1.165) is 10.9 Å². The SMILES string of the molecule is COc1cccc2cc(-c3cc(=O)oc4ccc(OC(=O)Cc5ccccc5)cc34)oc12. The van der Waals surface area contributed by atoms with Crippen LogP contribution in [0.3, 0.4) is 0 Å². The second kappa shape index (κ2) is 8.07. The first kappa shape index (κ1) is 19.6. The molecule has 2 aromatic heterocycles. The zero-order valence-electron chi connectivity index (χ0n) is 17.2. The number of fused-ring (bicyclic) bond motifs is 2. The van der Waals surface area contributed by atoms with E-state index in [0.29, 0.717) is 39.4 Å². The van der Waals surface area contributed by atoms with E-state index >= 15 is 0 Å². The summed E-state index contributed by atoms with van der Waals surface area (Å²) >= 11 is 0. The molecule has 5 aromatic rings. The first-order valence-corrected chi connectivity index (χ1v) is 10.00. The van der Waals surface area contributed by atoms with Gasteiger partial charge in [0.1, 0.15) is 17.1 Å². The van der Waals surface area contributed by atoms with Gasteiger partial charge in [0, 0.05) is 22.4 Å². The quantitative estimate of drug-likeness (QED) is 0.214. The van der Waals surface area contributed by atoms with E-state index in [1.165, 1.54) is 6.07 Å². The molecule has 0 unspecified atom stereocenters. The maximum Gasteiger partial charge on any atom is 0.336 e. The molecule has 0 aliphatic rings. The van der Waals surface area contributed by atoms with Crippen LogP contribution in [0.4, 0.5) is 0 Å². The Balaban J connectivity index is 1.55. The van der Waals surface area contributed by atoms with Gasteiger partial charge >= 0.3 is 11.6 Å². The minimum absolute atomic E-state index is 0.152. The summed E-state index contributed by atoms with van der Waals surface area (Å²) in [6, 6.07) is 23.0. The summed E-state index contributed by atoms with van der Waals surface area (Å²) in [6.07, 6.45) is 0.152. The molecule has 158 valence electrons. The molecule has 0 N–H and O–H groups in total. The Kier molecular flexibility index (Phi) is 4.95. The minimum Gasteiger partial charge on any atom is -0.493 e.